The van der Waals surface area contributed by atoms with E-state index < -0.39 is 11.6 Å². The van der Waals surface area contributed by atoms with Crippen LogP contribution >= 0.6 is 27.3 Å². The maximum Gasteiger partial charge on any atom is 0.306 e. The molecule has 1 saturated heterocycles. The van der Waals surface area contributed by atoms with Gasteiger partial charge >= 0.3 is 5.97 Å². The first-order valence-corrected chi connectivity index (χ1v) is 5.85. The van der Waals surface area contributed by atoms with Gasteiger partial charge < -0.3 is 9.84 Å². The highest BCUT2D eigenvalue weighted by Gasteiger charge is 2.43. The molecule has 0 spiro atoms. The SMILES string of the molecule is O=C(O)CC1(c2ccc(Br)s2)CCO1. The van der Waals surface area contributed by atoms with Crippen LogP contribution in [0, 0.1) is 0 Å². The predicted molar refractivity (Wildman–Crippen MR) is 56.5 cm³/mol. The molecule has 0 saturated carbocycles. The van der Waals surface area contributed by atoms with Gasteiger partial charge in [0.1, 0.15) is 5.60 Å². The monoisotopic (exact) mass is 276 g/mol. The van der Waals surface area contributed by atoms with Crippen molar-refractivity contribution >= 4 is 33.2 Å². The molecule has 1 aliphatic heterocycles. The number of carboxylic acid groups (broad SMARTS) is 1. The van der Waals surface area contributed by atoms with Crippen LogP contribution in [0.15, 0.2) is 15.9 Å². The van der Waals surface area contributed by atoms with Crippen LogP contribution in [0.25, 0.3) is 0 Å². The highest BCUT2D eigenvalue weighted by Crippen LogP contribution is 2.44. The minimum absolute atomic E-state index is 0.0555. The van der Waals surface area contributed by atoms with E-state index in [0.717, 1.165) is 15.1 Å². The number of rotatable bonds is 3. The molecule has 5 heteroatoms. The van der Waals surface area contributed by atoms with E-state index in [1.54, 1.807) is 11.3 Å². The number of thiophene rings is 1. The number of ether oxygens (including phenoxy) is 1. The number of hydrogen-bond acceptors (Lipinski definition) is 3. The molecule has 0 aliphatic carbocycles. The van der Waals surface area contributed by atoms with Crippen molar-refractivity contribution in [1.29, 1.82) is 0 Å². The number of carbonyl (C=O) groups is 1. The fourth-order valence-corrected chi connectivity index (χ4v) is 3.13. The van der Waals surface area contributed by atoms with Crippen molar-refractivity contribution in [2.75, 3.05) is 6.61 Å². The Balaban J connectivity index is 2.24. The molecule has 0 bridgehead atoms. The molecule has 1 fully saturated rings. The van der Waals surface area contributed by atoms with Gasteiger partial charge in [-0.2, -0.15) is 0 Å². The molecule has 0 amide bonds. The first-order valence-electron chi connectivity index (χ1n) is 4.24. The quantitative estimate of drug-likeness (QED) is 0.923. The summed E-state index contributed by atoms with van der Waals surface area (Å²) in [6.07, 6.45) is 0.853. The smallest absolute Gasteiger partial charge is 0.306 e. The molecule has 0 aromatic carbocycles. The van der Waals surface area contributed by atoms with E-state index in [0.29, 0.717) is 6.61 Å². The third-order valence-electron chi connectivity index (χ3n) is 2.34. The highest BCUT2D eigenvalue weighted by atomic mass is 79.9. The summed E-state index contributed by atoms with van der Waals surface area (Å²) in [5.41, 5.74) is -0.553. The van der Waals surface area contributed by atoms with Gasteiger partial charge in [-0.15, -0.1) is 11.3 Å². The minimum atomic E-state index is -0.811. The van der Waals surface area contributed by atoms with Gasteiger partial charge in [0.25, 0.3) is 0 Å². The number of carboxylic acids is 1. The largest absolute Gasteiger partial charge is 0.481 e. The summed E-state index contributed by atoms with van der Waals surface area (Å²) in [6, 6.07) is 3.85. The molecule has 1 aromatic rings. The van der Waals surface area contributed by atoms with Crippen LogP contribution < -0.4 is 0 Å². The van der Waals surface area contributed by atoms with E-state index in [1.807, 2.05) is 12.1 Å². The lowest BCUT2D eigenvalue weighted by atomic mass is 9.89. The lowest BCUT2D eigenvalue weighted by Gasteiger charge is -2.40. The molecule has 2 heterocycles. The third kappa shape index (κ3) is 1.71. The first-order chi connectivity index (χ1) is 6.62. The molecule has 1 aromatic heterocycles. The summed E-state index contributed by atoms with van der Waals surface area (Å²) >= 11 is 4.90. The zero-order valence-corrected chi connectivity index (χ0v) is 9.73. The van der Waals surface area contributed by atoms with E-state index >= 15 is 0 Å². The molecule has 14 heavy (non-hydrogen) atoms. The fourth-order valence-electron chi connectivity index (χ4n) is 1.57. The van der Waals surface area contributed by atoms with Crippen LogP contribution in [0.1, 0.15) is 17.7 Å². The van der Waals surface area contributed by atoms with E-state index in [-0.39, 0.29) is 6.42 Å². The molecule has 1 unspecified atom stereocenters. The Hall–Kier alpha value is -0.390. The molecule has 1 aliphatic rings. The maximum absolute atomic E-state index is 10.7. The standard InChI is InChI=1S/C9H9BrO3S/c10-7-2-1-6(14-7)9(3-4-13-9)5-8(11)12/h1-2H,3-5H2,(H,11,12). The van der Waals surface area contributed by atoms with Crippen molar-refractivity contribution in [3.63, 3.8) is 0 Å². The zero-order chi connectivity index (χ0) is 10.2. The van der Waals surface area contributed by atoms with Crippen LogP contribution in [0.5, 0.6) is 0 Å². The van der Waals surface area contributed by atoms with Gasteiger partial charge in [0.2, 0.25) is 0 Å². The summed E-state index contributed by atoms with van der Waals surface area (Å²) < 4.78 is 6.44. The Labute approximate surface area is 93.8 Å². The van der Waals surface area contributed by atoms with E-state index in [2.05, 4.69) is 15.9 Å². The highest BCUT2D eigenvalue weighted by molar-refractivity contribution is 9.11. The summed E-state index contributed by atoms with van der Waals surface area (Å²) in [7, 11) is 0. The molecule has 0 radical (unpaired) electrons. The molecular formula is C9H9BrO3S. The van der Waals surface area contributed by atoms with Gasteiger partial charge in [0.15, 0.2) is 0 Å². The Kier molecular flexibility index (Phi) is 2.64. The third-order valence-corrected chi connectivity index (χ3v) is 4.15. The van der Waals surface area contributed by atoms with Gasteiger partial charge in [0.05, 0.1) is 16.8 Å². The van der Waals surface area contributed by atoms with Gasteiger partial charge in [-0.3, -0.25) is 4.79 Å². The average molecular weight is 277 g/mol. The molecule has 76 valence electrons. The molecule has 3 nitrogen and oxygen atoms in total. The minimum Gasteiger partial charge on any atom is -0.481 e. The van der Waals surface area contributed by atoms with Crippen molar-refractivity contribution in [2.45, 2.75) is 18.4 Å². The zero-order valence-electron chi connectivity index (χ0n) is 7.33. The van der Waals surface area contributed by atoms with E-state index in [4.69, 9.17) is 9.84 Å². The summed E-state index contributed by atoms with van der Waals surface area (Å²) in [5, 5.41) is 8.80. The van der Waals surface area contributed by atoms with Gasteiger partial charge in [-0.05, 0) is 28.1 Å². The Bertz CT molecular complexity index is 357. The number of hydrogen-bond donors (Lipinski definition) is 1. The van der Waals surface area contributed by atoms with E-state index in [1.165, 1.54) is 0 Å². The second-order valence-electron chi connectivity index (χ2n) is 3.27. The normalized spacial score (nSPS) is 25.8. The molecule has 1 N–H and O–H groups in total. The van der Waals surface area contributed by atoms with Crippen molar-refractivity contribution < 1.29 is 14.6 Å². The maximum atomic E-state index is 10.7. The topological polar surface area (TPSA) is 46.5 Å². The average Bonchev–Trinajstić information content (AvgIpc) is 2.44. The van der Waals surface area contributed by atoms with Crippen molar-refractivity contribution in [1.82, 2.24) is 0 Å². The van der Waals surface area contributed by atoms with Crippen molar-refractivity contribution in [2.24, 2.45) is 0 Å². The lowest BCUT2D eigenvalue weighted by molar-refractivity contribution is -0.174. The van der Waals surface area contributed by atoms with Crippen molar-refractivity contribution in [3.8, 4) is 0 Å². The second kappa shape index (κ2) is 3.64. The summed E-state index contributed by atoms with van der Waals surface area (Å²) in [6.45, 7) is 0.656. The Morgan fingerprint density at radius 1 is 1.71 bits per heavy atom. The van der Waals surface area contributed by atoms with Crippen LogP contribution in [-0.4, -0.2) is 17.7 Å². The lowest BCUT2D eigenvalue weighted by Crippen LogP contribution is -2.41. The second-order valence-corrected chi connectivity index (χ2v) is 5.73. The van der Waals surface area contributed by atoms with Gasteiger partial charge in [-0.25, -0.2) is 0 Å². The number of aliphatic carboxylic acids is 1. The predicted octanol–water partition coefficient (Wildman–Crippen LogP) is 2.60. The van der Waals surface area contributed by atoms with Crippen LogP contribution in [0.4, 0.5) is 0 Å². The van der Waals surface area contributed by atoms with E-state index in [9.17, 15) is 4.79 Å². The fraction of sp³-hybridized carbons (Fsp3) is 0.444. The Morgan fingerprint density at radius 2 is 2.43 bits per heavy atom. The summed E-state index contributed by atoms with van der Waals surface area (Å²) in [5.74, 6) is -0.811. The summed E-state index contributed by atoms with van der Waals surface area (Å²) in [4.78, 5) is 11.7. The van der Waals surface area contributed by atoms with Gasteiger partial charge in [-0.1, -0.05) is 0 Å². The Morgan fingerprint density at radius 3 is 2.79 bits per heavy atom. The molecule has 2 rings (SSSR count). The first kappa shape index (κ1) is 10.1. The van der Waals surface area contributed by atoms with Crippen LogP contribution in [0.2, 0.25) is 0 Å². The molecular weight excluding hydrogens is 268 g/mol. The van der Waals surface area contributed by atoms with Gasteiger partial charge in [0, 0.05) is 11.3 Å². The van der Waals surface area contributed by atoms with Crippen LogP contribution in [0.3, 0.4) is 0 Å². The van der Waals surface area contributed by atoms with Crippen LogP contribution in [-0.2, 0) is 15.1 Å². The molecule has 1 atom stereocenters. The van der Waals surface area contributed by atoms with Crippen molar-refractivity contribution in [3.05, 3.63) is 20.8 Å². The number of halogens is 1.